The number of urea groups is 1. The Morgan fingerprint density at radius 2 is 1.63 bits per heavy atom. The highest BCUT2D eigenvalue weighted by Crippen LogP contribution is 2.24. The Morgan fingerprint density at radius 1 is 0.933 bits per heavy atom. The van der Waals surface area contributed by atoms with Crippen molar-refractivity contribution in [3.8, 4) is 0 Å². The highest BCUT2D eigenvalue weighted by atomic mass is 16.5. The van der Waals surface area contributed by atoms with Crippen LogP contribution in [0.2, 0.25) is 0 Å². The number of nitrogens with zero attached hydrogens (tertiary/aromatic N) is 2. The fraction of sp³-hybridized carbons (Fsp3) is 0.458. The molecule has 2 aliphatic rings. The first-order valence-electron chi connectivity index (χ1n) is 10.9. The van der Waals surface area contributed by atoms with Gasteiger partial charge >= 0.3 is 6.03 Å². The minimum atomic E-state index is -0.0501. The molecule has 2 aromatic carbocycles. The lowest BCUT2D eigenvalue weighted by molar-refractivity contribution is 0.0336. The number of ether oxygens (including phenoxy) is 2. The summed E-state index contributed by atoms with van der Waals surface area (Å²) in [4.78, 5) is 17.4. The summed E-state index contributed by atoms with van der Waals surface area (Å²) in [6.07, 6.45) is 0.846. The molecule has 2 saturated heterocycles. The van der Waals surface area contributed by atoms with E-state index in [4.69, 9.17) is 9.47 Å². The Kier molecular flexibility index (Phi) is 7.34. The topological polar surface area (TPSA) is 54.0 Å². The van der Waals surface area contributed by atoms with Crippen molar-refractivity contribution in [3.05, 3.63) is 71.8 Å². The van der Waals surface area contributed by atoms with Crippen LogP contribution in [0.4, 0.5) is 4.79 Å². The zero-order valence-electron chi connectivity index (χ0n) is 17.4. The maximum atomic E-state index is 13.1. The van der Waals surface area contributed by atoms with E-state index in [1.54, 1.807) is 0 Å². The summed E-state index contributed by atoms with van der Waals surface area (Å²) in [5.74, 6) is 0. The molecule has 0 aliphatic carbocycles. The number of morpholine rings is 1. The molecule has 2 aliphatic heterocycles. The average Bonchev–Trinajstić information content (AvgIpc) is 3.07. The second-order valence-corrected chi connectivity index (χ2v) is 7.87. The largest absolute Gasteiger partial charge is 0.379 e. The minimum absolute atomic E-state index is 0.0191. The van der Waals surface area contributed by atoms with E-state index in [0.29, 0.717) is 19.7 Å². The van der Waals surface area contributed by atoms with Gasteiger partial charge in [0.2, 0.25) is 0 Å². The molecule has 1 N–H and O–H groups in total. The number of nitrogens with one attached hydrogen (secondary N) is 1. The highest BCUT2D eigenvalue weighted by Gasteiger charge is 2.25. The molecule has 0 spiro atoms. The molecule has 30 heavy (non-hydrogen) atoms. The summed E-state index contributed by atoms with van der Waals surface area (Å²) in [7, 11) is 0. The van der Waals surface area contributed by atoms with Gasteiger partial charge in [-0.25, -0.2) is 4.79 Å². The molecule has 2 heterocycles. The van der Waals surface area contributed by atoms with Crippen LogP contribution in [-0.4, -0.2) is 68.4 Å². The van der Waals surface area contributed by atoms with Crippen LogP contribution in [0.3, 0.4) is 0 Å². The van der Waals surface area contributed by atoms with Gasteiger partial charge in [0.25, 0.3) is 0 Å². The summed E-state index contributed by atoms with van der Waals surface area (Å²) < 4.78 is 11.5. The van der Waals surface area contributed by atoms with Gasteiger partial charge in [-0.3, -0.25) is 4.90 Å². The monoisotopic (exact) mass is 409 g/mol. The maximum absolute atomic E-state index is 13.1. The summed E-state index contributed by atoms with van der Waals surface area (Å²) in [6, 6.07) is 20.4. The second-order valence-electron chi connectivity index (χ2n) is 7.87. The van der Waals surface area contributed by atoms with Crippen molar-refractivity contribution in [3.63, 3.8) is 0 Å². The standard InChI is InChI=1S/C24H31N3O3/c28-24(27-12-11-23(30-18-15-27)21-9-5-2-6-10-21)25-22(20-7-3-1-4-8-20)19-26-13-16-29-17-14-26/h1-10,22-23H,11-19H2,(H,25,28). The van der Waals surface area contributed by atoms with Crippen LogP contribution in [0.1, 0.15) is 29.7 Å². The molecule has 2 fully saturated rings. The van der Waals surface area contributed by atoms with Crippen LogP contribution in [0.25, 0.3) is 0 Å². The van der Waals surface area contributed by atoms with Gasteiger partial charge in [0.15, 0.2) is 0 Å². The van der Waals surface area contributed by atoms with Gasteiger partial charge in [-0.05, 0) is 17.5 Å². The lowest BCUT2D eigenvalue weighted by Gasteiger charge is -2.32. The molecule has 4 rings (SSSR count). The van der Waals surface area contributed by atoms with Crippen molar-refractivity contribution in [1.82, 2.24) is 15.1 Å². The molecule has 6 nitrogen and oxygen atoms in total. The highest BCUT2D eigenvalue weighted by molar-refractivity contribution is 5.74. The maximum Gasteiger partial charge on any atom is 0.318 e. The van der Waals surface area contributed by atoms with Crippen LogP contribution in [0.5, 0.6) is 0 Å². The third kappa shape index (κ3) is 5.59. The molecule has 2 amide bonds. The van der Waals surface area contributed by atoms with Crippen molar-refractivity contribution in [1.29, 1.82) is 0 Å². The van der Waals surface area contributed by atoms with Gasteiger partial charge in [-0.1, -0.05) is 60.7 Å². The quantitative estimate of drug-likeness (QED) is 0.824. The van der Waals surface area contributed by atoms with E-state index in [9.17, 15) is 4.79 Å². The second kappa shape index (κ2) is 10.6. The predicted octanol–water partition coefficient (Wildman–Crippen LogP) is 3.23. The van der Waals surface area contributed by atoms with Crippen molar-refractivity contribution in [2.24, 2.45) is 0 Å². The number of rotatable bonds is 5. The number of hydrogen-bond acceptors (Lipinski definition) is 4. The molecule has 2 atom stereocenters. The third-order valence-electron chi connectivity index (χ3n) is 5.84. The van der Waals surface area contributed by atoms with E-state index < -0.39 is 0 Å². The predicted molar refractivity (Wildman–Crippen MR) is 116 cm³/mol. The first-order valence-corrected chi connectivity index (χ1v) is 10.9. The van der Waals surface area contributed by atoms with Crippen molar-refractivity contribution >= 4 is 6.03 Å². The molecule has 0 bridgehead atoms. The lowest BCUT2D eigenvalue weighted by Crippen LogP contribution is -2.47. The Labute approximate surface area is 178 Å². The Bertz CT molecular complexity index is 781. The van der Waals surface area contributed by atoms with Gasteiger partial charge in [-0.15, -0.1) is 0 Å². The van der Waals surface area contributed by atoms with E-state index in [0.717, 1.165) is 44.8 Å². The minimum Gasteiger partial charge on any atom is -0.379 e. The van der Waals surface area contributed by atoms with Gasteiger partial charge in [0, 0.05) is 32.7 Å². The van der Waals surface area contributed by atoms with Crippen molar-refractivity contribution in [2.45, 2.75) is 18.6 Å². The first kappa shape index (κ1) is 20.8. The number of hydrogen-bond donors (Lipinski definition) is 1. The third-order valence-corrected chi connectivity index (χ3v) is 5.84. The molecular weight excluding hydrogens is 378 g/mol. The molecule has 2 aromatic rings. The van der Waals surface area contributed by atoms with Crippen molar-refractivity contribution in [2.75, 3.05) is 52.5 Å². The summed E-state index contributed by atoms with van der Waals surface area (Å²) >= 11 is 0. The van der Waals surface area contributed by atoms with E-state index >= 15 is 0 Å². The van der Waals surface area contributed by atoms with Gasteiger partial charge in [0.1, 0.15) is 0 Å². The molecule has 0 saturated carbocycles. The molecule has 0 aromatic heterocycles. The number of carbonyl (C=O) groups excluding carboxylic acids is 1. The Morgan fingerprint density at radius 3 is 2.37 bits per heavy atom. The van der Waals surface area contributed by atoms with Gasteiger partial charge in [0.05, 0.1) is 32.0 Å². The van der Waals surface area contributed by atoms with Crippen LogP contribution in [-0.2, 0) is 9.47 Å². The van der Waals surface area contributed by atoms with Crippen LogP contribution in [0, 0.1) is 0 Å². The van der Waals surface area contributed by atoms with E-state index in [-0.39, 0.29) is 18.2 Å². The van der Waals surface area contributed by atoms with Gasteiger partial charge < -0.3 is 19.7 Å². The Hall–Kier alpha value is -2.41. The zero-order chi connectivity index (χ0) is 20.6. The summed E-state index contributed by atoms with van der Waals surface area (Å²) in [5, 5.41) is 3.28. The molecule has 6 heteroatoms. The van der Waals surface area contributed by atoms with E-state index in [1.807, 2.05) is 41.3 Å². The van der Waals surface area contributed by atoms with Crippen molar-refractivity contribution < 1.29 is 14.3 Å². The molecule has 0 radical (unpaired) electrons. The fourth-order valence-electron chi connectivity index (χ4n) is 4.11. The SMILES string of the molecule is O=C(NC(CN1CCOCC1)c1ccccc1)N1CCOC(c2ccccc2)CC1. The number of benzene rings is 2. The zero-order valence-corrected chi connectivity index (χ0v) is 17.4. The summed E-state index contributed by atoms with van der Waals surface area (Å²) in [6.45, 7) is 5.92. The number of carbonyl (C=O) groups is 1. The first-order chi connectivity index (χ1) is 14.8. The molecule has 2 unspecified atom stereocenters. The number of amides is 2. The lowest BCUT2D eigenvalue weighted by atomic mass is 10.1. The summed E-state index contributed by atoms with van der Waals surface area (Å²) in [5.41, 5.74) is 2.31. The van der Waals surface area contributed by atoms with Crippen LogP contribution >= 0.6 is 0 Å². The van der Waals surface area contributed by atoms with E-state index in [1.165, 1.54) is 5.56 Å². The van der Waals surface area contributed by atoms with Crippen LogP contribution in [0.15, 0.2) is 60.7 Å². The average molecular weight is 410 g/mol. The van der Waals surface area contributed by atoms with E-state index in [2.05, 4.69) is 34.5 Å². The normalized spacial score (nSPS) is 21.6. The molecular formula is C24H31N3O3. The Balaban J connectivity index is 1.39. The molecule has 160 valence electrons. The van der Waals surface area contributed by atoms with Crippen LogP contribution < -0.4 is 5.32 Å². The fourth-order valence-corrected chi connectivity index (χ4v) is 4.11. The smallest absolute Gasteiger partial charge is 0.318 e. The van der Waals surface area contributed by atoms with Gasteiger partial charge in [-0.2, -0.15) is 0 Å².